The first kappa shape index (κ1) is 6.90. The Morgan fingerprint density at radius 3 is 1.00 bits per heavy atom. The van der Waals surface area contributed by atoms with Crippen molar-refractivity contribution in [3.8, 4) is 0 Å². The molecule has 0 unspecified atom stereocenters. The minimum Gasteiger partial charge on any atom is 1.00 e. The summed E-state index contributed by atoms with van der Waals surface area (Å²) in [4.78, 5) is 0. The molecule has 0 spiro atoms. The Hall–Kier alpha value is 1.90. The molecule has 0 bridgehead atoms. The van der Waals surface area contributed by atoms with Crippen LogP contribution in [0.15, 0.2) is 0 Å². The smallest absolute Gasteiger partial charge is 1.00 e. The zero-order chi connectivity index (χ0) is 4.50. The van der Waals surface area contributed by atoms with Gasteiger partial charge in [0.2, 0.25) is 0 Å². The number of rotatable bonds is 0. The molecule has 0 rings (SSSR count). The standard InChI is InChI=1S/Au.4ClH/h;4*1H/q+3;;;;/p-2. The van der Waals surface area contributed by atoms with Gasteiger partial charge in [0.15, 0.2) is 0 Å². The van der Waals surface area contributed by atoms with E-state index in [1.807, 2.05) is 0 Å². The maximum Gasteiger partial charge on any atom is 1.00 e. The Labute approximate surface area is 52.1 Å². The zero-order valence-corrected chi connectivity index (χ0v) is 7.00. The van der Waals surface area contributed by atoms with Gasteiger partial charge in [0, 0.05) is 0 Å². The first-order valence-electron chi connectivity index (χ1n) is 0.456. The van der Waals surface area contributed by atoms with Gasteiger partial charge in [-0.25, -0.2) is 0 Å². The predicted molar refractivity (Wildman–Crippen MR) is 25.6 cm³/mol. The molecule has 0 aliphatic heterocycles. The van der Waals surface area contributed by atoms with Gasteiger partial charge in [-0.05, 0) is 0 Å². The molecule has 0 atom stereocenters. The van der Waals surface area contributed by atoms with Crippen LogP contribution in [0.25, 0.3) is 0 Å². The summed E-state index contributed by atoms with van der Waals surface area (Å²) in [5, 5.41) is 0. The summed E-state index contributed by atoms with van der Waals surface area (Å²) >= 11 is -3.00. The molecule has 0 aliphatic carbocycles. The van der Waals surface area contributed by atoms with E-state index in [4.69, 9.17) is 36.8 Å². The molecular weight excluding hydrogens is 339 g/mol. The molecule has 0 nitrogen and oxygen atoms in total. The van der Waals surface area contributed by atoms with Crippen LogP contribution >= 0.6 is 36.8 Å². The van der Waals surface area contributed by atoms with Gasteiger partial charge in [-0.2, -0.15) is 0 Å². The van der Waals surface area contributed by atoms with E-state index < -0.39 is 12.8 Å². The summed E-state index contributed by atoms with van der Waals surface area (Å²) in [6.07, 6.45) is 0. The first-order chi connectivity index (χ1) is 2.00. The molecule has 0 amide bonds. The van der Waals surface area contributed by atoms with Gasteiger partial charge in [-0.3, -0.25) is 0 Å². The number of halogens is 4. The third-order valence-electron chi connectivity index (χ3n) is 0. The van der Waals surface area contributed by atoms with E-state index in [1.54, 1.807) is 0 Å². The van der Waals surface area contributed by atoms with Crippen LogP contribution in [0.3, 0.4) is 0 Å². The average Bonchev–Trinajstić information content (AvgIpc) is 0.722. The van der Waals surface area contributed by atoms with Crippen LogP contribution < -0.4 is 0 Å². The van der Waals surface area contributed by atoms with Crippen molar-refractivity contribution in [3.05, 3.63) is 0 Å². The predicted octanol–water partition coefficient (Wildman–Crippen LogP) is 2.98. The van der Waals surface area contributed by atoms with Crippen molar-refractivity contribution in [2.24, 2.45) is 0 Å². The average molecular weight is 341 g/mol. The fourth-order valence-corrected chi connectivity index (χ4v) is 0. The Bertz CT molecular complexity index is 25.2. The van der Waals surface area contributed by atoms with Crippen LogP contribution in [0.2, 0.25) is 0 Å². The van der Waals surface area contributed by atoms with E-state index in [0.717, 1.165) is 0 Å². The molecule has 0 saturated carbocycles. The summed E-state index contributed by atoms with van der Waals surface area (Å²) in [5.41, 5.74) is 0. The van der Waals surface area contributed by atoms with Crippen LogP contribution in [0, 0.1) is 0 Å². The SMILES string of the molecule is [Cl][Au-]([Cl])([Cl])[Cl].[H+].[H+]. The van der Waals surface area contributed by atoms with Crippen LogP contribution in [-0.4, -0.2) is 0 Å². The number of hydrogen-bond acceptors (Lipinski definition) is 0. The maximum absolute atomic E-state index is 5.00. The van der Waals surface area contributed by atoms with Crippen molar-refractivity contribution in [1.82, 2.24) is 0 Å². The van der Waals surface area contributed by atoms with Crippen LogP contribution in [0.5, 0.6) is 0 Å². The van der Waals surface area contributed by atoms with Gasteiger partial charge < -0.3 is 0 Å². The third-order valence-corrected chi connectivity index (χ3v) is 0. The minimum atomic E-state index is -3.00. The molecule has 40 valence electrons. The molecule has 5 heteroatoms. The van der Waals surface area contributed by atoms with Gasteiger partial charge >= 0.3 is 52.4 Å². The molecule has 0 N–H and O–H groups in total. The fourth-order valence-electron chi connectivity index (χ4n) is 0. The Balaban J connectivity index is -0.0000000800. The fraction of sp³-hybridized carbons (Fsp3) is 0. The largest absolute Gasteiger partial charge is 1.00 e. The summed E-state index contributed by atoms with van der Waals surface area (Å²) in [6, 6.07) is 0. The van der Waals surface area contributed by atoms with E-state index in [0.29, 0.717) is 0 Å². The second kappa shape index (κ2) is 2.27. The number of hydrogen-bond donors (Lipinski definition) is 0. The van der Waals surface area contributed by atoms with Crippen molar-refractivity contribution in [3.63, 3.8) is 0 Å². The maximum atomic E-state index is 5.00. The Morgan fingerprint density at radius 1 is 1.00 bits per heavy atom. The monoisotopic (exact) mass is 339 g/mol. The van der Waals surface area contributed by atoms with Gasteiger partial charge in [-0.15, -0.1) is 0 Å². The molecule has 5 heavy (non-hydrogen) atoms. The van der Waals surface area contributed by atoms with Crippen molar-refractivity contribution >= 4 is 36.8 Å². The normalized spacial score (nSPS) is 15.2. The molecule has 0 aromatic heterocycles. The molecule has 0 radical (unpaired) electrons. The van der Waals surface area contributed by atoms with Crippen molar-refractivity contribution in [2.75, 3.05) is 0 Å². The van der Waals surface area contributed by atoms with Gasteiger partial charge in [0.1, 0.15) is 0 Å². The van der Waals surface area contributed by atoms with E-state index in [9.17, 15) is 0 Å². The van der Waals surface area contributed by atoms with Crippen LogP contribution in [0.1, 0.15) is 2.85 Å². The van der Waals surface area contributed by atoms with E-state index in [1.165, 1.54) is 0 Å². The molecule has 0 aromatic rings. The van der Waals surface area contributed by atoms with Crippen molar-refractivity contribution < 1.29 is 15.7 Å². The topological polar surface area (TPSA) is 0 Å². The molecule has 0 saturated heterocycles. The third kappa shape index (κ3) is 24.9. The van der Waals surface area contributed by atoms with Gasteiger partial charge in [0.25, 0.3) is 0 Å². The van der Waals surface area contributed by atoms with E-state index in [2.05, 4.69) is 0 Å². The summed E-state index contributed by atoms with van der Waals surface area (Å²) in [7, 11) is 20.0. The van der Waals surface area contributed by atoms with Gasteiger partial charge in [0.05, 0.1) is 0 Å². The summed E-state index contributed by atoms with van der Waals surface area (Å²) < 4.78 is 0. The van der Waals surface area contributed by atoms with E-state index >= 15 is 0 Å². The Morgan fingerprint density at radius 2 is 1.00 bits per heavy atom. The Kier molecular flexibility index (Phi) is 3.13. The first-order valence-corrected chi connectivity index (χ1v) is 11.2. The molecule has 0 aliphatic rings. The quantitative estimate of drug-likeness (QED) is 0.595. The summed E-state index contributed by atoms with van der Waals surface area (Å²) in [5.74, 6) is 0. The van der Waals surface area contributed by atoms with E-state index in [-0.39, 0.29) is 2.85 Å². The molecule has 0 aromatic carbocycles. The molecule has 0 fully saturated rings. The molecule has 0 heterocycles. The van der Waals surface area contributed by atoms with Gasteiger partial charge in [-0.1, -0.05) is 0 Å². The second-order valence-corrected chi connectivity index (χ2v) is 19.0. The van der Waals surface area contributed by atoms with Crippen molar-refractivity contribution in [1.29, 1.82) is 0 Å². The van der Waals surface area contributed by atoms with Crippen LogP contribution in [-0.2, 0) is 12.8 Å². The zero-order valence-electron chi connectivity index (χ0n) is 3.81. The van der Waals surface area contributed by atoms with Crippen molar-refractivity contribution in [2.45, 2.75) is 0 Å². The minimum absolute atomic E-state index is 0. The molecular formula is H2AuCl4+. The second-order valence-electron chi connectivity index (χ2n) is 0.258. The van der Waals surface area contributed by atoms with Crippen LogP contribution in [0.4, 0.5) is 0 Å². The summed E-state index contributed by atoms with van der Waals surface area (Å²) in [6.45, 7) is 0.